The van der Waals surface area contributed by atoms with Crippen LogP contribution in [0.5, 0.6) is 0 Å². The fourth-order valence-electron chi connectivity index (χ4n) is 6.01. The Hall–Kier alpha value is -2.57. The van der Waals surface area contributed by atoms with Crippen LogP contribution in [0.4, 0.5) is 0 Å². The molecule has 0 saturated heterocycles. The molecule has 2 aliphatic rings. The summed E-state index contributed by atoms with van der Waals surface area (Å²) in [7, 11) is -5.17. The van der Waals surface area contributed by atoms with E-state index in [0.29, 0.717) is 6.42 Å². The van der Waals surface area contributed by atoms with E-state index < -0.39 is 59.4 Å². The summed E-state index contributed by atoms with van der Waals surface area (Å²) in [5, 5.41) is 21.4. The van der Waals surface area contributed by atoms with Crippen molar-refractivity contribution < 1.29 is 56.5 Å². The van der Waals surface area contributed by atoms with E-state index >= 15 is 0 Å². The molecule has 2 rings (SSSR count). The molecule has 0 fully saturated rings. The van der Waals surface area contributed by atoms with Gasteiger partial charge in [-0.05, 0) is 78.6 Å². The molecule has 2 atom stereocenters. The maximum atomic E-state index is 14.0. The summed E-state index contributed by atoms with van der Waals surface area (Å²) in [6.07, 6.45) is 3.00. The number of hydrogen-bond donors (Lipinski definition) is 2. The number of rotatable bonds is 23. The summed E-state index contributed by atoms with van der Waals surface area (Å²) < 4.78 is 46.2. The minimum atomic E-state index is -3.35. The van der Waals surface area contributed by atoms with Crippen molar-refractivity contribution in [3.05, 3.63) is 35.2 Å². The Kier molecular flexibility index (Phi) is 17.0. The Labute approximate surface area is 306 Å². The number of allylic oxidation sites excluding steroid dienone is 1. The Balaban J connectivity index is 2.52. The average molecular weight is 759 g/mol. The number of nitrogens with zero attached hydrogens (tertiary/aromatic N) is 3. The number of hydrogen-bond acceptors (Lipinski definition) is 11. The van der Waals surface area contributed by atoms with Crippen LogP contribution in [-0.2, 0) is 41.7 Å². The fraction of sp³-hybridized carbons (Fsp3) is 0.771. The highest BCUT2D eigenvalue weighted by atomic mass is 31.2. The van der Waals surface area contributed by atoms with Gasteiger partial charge in [-0.15, -0.1) is 4.58 Å². The van der Waals surface area contributed by atoms with E-state index in [1.54, 1.807) is 26.0 Å². The highest BCUT2D eigenvalue weighted by Crippen LogP contribution is 2.48. The van der Waals surface area contributed by atoms with Gasteiger partial charge < -0.3 is 47.2 Å². The fourth-order valence-corrected chi connectivity index (χ4v) is 11.6. The van der Waals surface area contributed by atoms with E-state index in [1.165, 1.54) is 4.58 Å². The van der Waals surface area contributed by atoms with Crippen LogP contribution in [0, 0.1) is 12.0 Å². The molecular formula is C35H61N3O11PSi+. The molecule has 2 bridgehead atoms. The lowest BCUT2D eigenvalue weighted by Gasteiger charge is -2.45. The minimum Gasteiger partial charge on any atom is -0.465 e. The first kappa shape index (κ1) is 44.6. The first-order chi connectivity index (χ1) is 23.8. The van der Waals surface area contributed by atoms with E-state index in [1.807, 2.05) is 73.9 Å². The van der Waals surface area contributed by atoms with Gasteiger partial charge in [-0.25, -0.2) is 11.2 Å². The molecule has 0 aromatic rings. The van der Waals surface area contributed by atoms with Gasteiger partial charge in [0.2, 0.25) is 23.8 Å². The zero-order valence-electron chi connectivity index (χ0n) is 32.6. The third-order valence-corrected chi connectivity index (χ3v) is 15.4. The topological polar surface area (TPSA) is 150 Å². The predicted molar refractivity (Wildman–Crippen MR) is 196 cm³/mol. The van der Waals surface area contributed by atoms with Crippen LogP contribution in [0.2, 0.25) is 11.1 Å². The van der Waals surface area contributed by atoms with Crippen LogP contribution in [0.3, 0.4) is 0 Å². The molecule has 0 radical (unpaired) electrons. The van der Waals surface area contributed by atoms with Crippen LogP contribution >= 0.6 is 8.53 Å². The lowest BCUT2D eigenvalue weighted by atomic mass is 9.90. The lowest BCUT2D eigenvalue weighted by molar-refractivity contribution is -0.526. The van der Waals surface area contributed by atoms with Gasteiger partial charge in [0, 0.05) is 18.5 Å². The summed E-state index contributed by atoms with van der Waals surface area (Å²) in [4.78, 5) is 31.3. The number of esters is 2. The highest BCUT2D eigenvalue weighted by Gasteiger charge is 2.56. The Morgan fingerprint density at radius 2 is 1.57 bits per heavy atom. The second-order valence-electron chi connectivity index (χ2n) is 14.3. The molecule has 16 heteroatoms. The van der Waals surface area contributed by atoms with Crippen molar-refractivity contribution in [3.63, 3.8) is 0 Å². The molecule has 2 heterocycles. The number of carbonyl (C=O) groups is 2. The molecule has 0 aliphatic carbocycles. The van der Waals surface area contributed by atoms with Gasteiger partial charge in [0.05, 0.1) is 32.0 Å². The molecule has 0 aromatic carbocycles. The number of aliphatic hydroxyl groups is 2. The monoisotopic (exact) mass is 758 g/mol. The molecular weight excluding hydrogens is 697 g/mol. The van der Waals surface area contributed by atoms with Crippen molar-refractivity contribution in [1.29, 1.82) is 0 Å². The second kappa shape index (κ2) is 19.5. The van der Waals surface area contributed by atoms with Crippen molar-refractivity contribution in [3.8, 4) is 0 Å². The van der Waals surface area contributed by atoms with Crippen molar-refractivity contribution in [2.24, 2.45) is 5.41 Å². The number of ether oxygens (including phenoxy) is 3. The van der Waals surface area contributed by atoms with Crippen LogP contribution in [0.25, 0.3) is 4.85 Å². The van der Waals surface area contributed by atoms with Crippen molar-refractivity contribution in [2.45, 2.75) is 124 Å². The highest BCUT2D eigenvalue weighted by molar-refractivity contribution is 7.44. The second-order valence-corrected chi connectivity index (χ2v) is 20.0. The zero-order chi connectivity index (χ0) is 38.7. The largest absolute Gasteiger partial charge is 0.465 e. The smallest absolute Gasteiger partial charge is 0.411 e. The van der Waals surface area contributed by atoms with Crippen LogP contribution < -0.4 is 0 Å². The number of aliphatic hydroxyl groups excluding tert-OH is 2. The summed E-state index contributed by atoms with van der Waals surface area (Å²) in [5.41, 5.74) is -3.16. The molecule has 51 heavy (non-hydrogen) atoms. The van der Waals surface area contributed by atoms with E-state index in [2.05, 4.69) is 4.85 Å². The first-order valence-corrected chi connectivity index (χ1v) is 20.9. The quantitative estimate of drug-likeness (QED) is 0.0222. The maximum absolute atomic E-state index is 14.0. The molecule has 0 saturated carbocycles. The SMILES string of the molecule is [C-]#[N+]CCOP(OCC(CO[Si](OC(C)(C)CC[N+]1=C(O)C2C=CC(=C1O)O2)(C(C)C)C(C)C)(C(=O)OCC)C(=O)OCC)N(C(C)C)C(C)C. The number of fused-ring (bicyclic) bond motifs is 2. The van der Waals surface area contributed by atoms with Crippen LogP contribution in [-0.4, -0.2) is 116 Å². The van der Waals surface area contributed by atoms with Gasteiger partial charge in [-0.2, -0.15) is 0 Å². The molecule has 2 N–H and O–H groups in total. The molecule has 2 aliphatic heterocycles. The zero-order valence-corrected chi connectivity index (χ0v) is 34.5. The minimum absolute atomic E-state index is 0.00557. The molecule has 2 unspecified atom stereocenters. The van der Waals surface area contributed by atoms with E-state index in [9.17, 15) is 19.8 Å². The normalized spacial score (nSPS) is 17.2. The molecule has 0 spiro atoms. The molecule has 14 nitrogen and oxygen atoms in total. The van der Waals surface area contributed by atoms with Gasteiger partial charge in [0.1, 0.15) is 6.61 Å². The standard InChI is InChI=1S/C35H60N3O11PSi/c1-14-43-32(41)35(33(42)44-15-2,22-46-50(45-21-19-36-13)38(24(3)4)25(5)6)23-47-51(26(7)8,27(9)10)49-34(11,12)18-20-37-30(39)28-16-17-29(48-28)31(37)40/h16-17,24-28,40H,14-15,18-23H2,1-12H3/p+1. The van der Waals surface area contributed by atoms with Crippen LogP contribution in [0.1, 0.15) is 89.5 Å². The van der Waals surface area contributed by atoms with Gasteiger partial charge in [-0.3, -0.25) is 9.59 Å². The lowest BCUT2D eigenvalue weighted by Crippen LogP contribution is -2.58. The molecule has 290 valence electrons. The number of carbonyl (C=O) groups excluding carboxylic acids is 2. The maximum Gasteiger partial charge on any atom is 0.411 e. The van der Waals surface area contributed by atoms with Gasteiger partial charge >= 0.3 is 32.3 Å². The van der Waals surface area contributed by atoms with Crippen molar-refractivity contribution in [2.75, 3.05) is 46.1 Å². The first-order valence-electron chi connectivity index (χ1n) is 17.8. The Bertz CT molecular complexity index is 1290. The summed E-state index contributed by atoms with van der Waals surface area (Å²) in [5.74, 6) is -1.70. The molecule has 0 aromatic heterocycles. The summed E-state index contributed by atoms with van der Waals surface area (Å²) in [6, 6.07) is -0.0297. The van der Waals surface area contributed by atoms with Gasteiger partial charge in [0.25, 0.3) is 8.53 Å². The predicted octanol–water partition coefficient (Wildman–Crippen LogP) is 6.53. The van der Waals surface area contributed by atoms with Gasteiger partial charge in [0.15, 0.2) is 6.54 Å². The van der Waals surface area contributed by atoms with E-state index in [0.717, 1.165) is 0 Å². The summed E-state index contributed by atoms with van der Waals surface area (Å²) >= 11 is 0. The van der Waals surface area contributed by atoms with Crippen LogP contribution in [0.15, 0.2) is 23.8 Å². The summed E-state index contributed by atoms with van der Waals surface area (Å²) in [6.45, 7) is 29.8. The Morgan fingerprint density at radius 3 is 2.06 bits per heavy atom. The van der Waals surface area contributed by atoms with Gasteiger partial charge in [-0.1, -0.05) is 27.7 Å². The molecule has 0 amide bonds. The third-order valence-electron chi connectivity index (χ3n) is 8.62. The Morgan fingerprint density at radius 1 is 1.00 bits per heavy atom. The van der Waals surface area contributed by atoms with Crippen molar-refractivity contribution >= 4 is 34.9 Å². The third kappa shape index (κ3) is 11.0. The van der Waals surface area contributed by atoms with E-state index in [4.69, 9.17) is 38.7 Å². The average Bonchev–Trinajstić information content (AvgIpc) is 3.50. The van der Waals surface area contributed by atoms with E-state index in [-0.39, 0.29) is 73.6 Å². The van der Waals surface area contributed by atoms with Crippen molar-refractivity contribution in [1.82, 2.24) is 4.67 Å².